The van der Waals surface area contributed by atoms with Crippen LogP contribution in [0.4, 0.5) is 5.69 Å². The monoisotopic (exact) mass is 364 g/mol. The summed E-state index contributed by atoms with van der Waals surface area (Å²) in [5.74, 6) is 0.763. The van der Waals surface area contributed by atoms with Gasteiger partial charge in [-0.25, -0.2) is 0 Å². The Morgan fingerprint density at radius 3 is 2.35 bits per heavy atom. The number of anilines is 1. The average Bonchev–Trinajstić information content (AvgIpc) is 2.63. The van der Waals surface area contributed by atoms with Crippen molar-refractivity contribution in [3.8, 4) is 17.2 Å². The topological polar surface area (TPSA) is 70.6 Å². The van der Waals surface area contributed by atoms with Gasteiger partial charge in [-0.15, -0.1) is 0 Å². The fourth-order valence-electron chi connectivity index (χ4n) is 2.26. The van der Waals surface area contributed by atoms with E-state index in [1.54, 1.807) is 24.3 Å². The molecule has 0 heterocycles. The van der Waals surface area contributed by atoms with Crippen molar-refractivity contribution in [1.29, 1.82) is 0 Å². The number of phenols is 1. The third-order valence-electron chi connectivity index (χ3n) is 3.45. The summed E-state index contributed by atoms with van der Waals surface area (Å²) >= 11 is 5.16. The Hall–Kier alpha value is -3.38. The molecule has 0 fully saturated rings. The predicted octanol–water partition coefficient (Wildman–Crippen LogP) is 4.31. The molecule has 26 heavy (non-hydrogen) atoms. The zero-order chi connectivity index (χ0) is 18.4. The van der Waals surface area contributed by atoms with Crippen molar-refractivity contribution in [2.45, 2.75) is 0 Å². The molecule has 0 atom stereocenters. The van der Waals surface area contributed by atoms with E-state index in [4.69, 9.17) is 17.0 Å². The molecular formula is C20H16N2O3S. The lowest BCUT2D eigenvalue weighted by atomic mass is 10.2. The zero-order valence-electron chi connectivity index (χ0n) is 13.7. The summed E-state index contributed by atoms with van der Waals surface area (Å²) in [4.78, 5) is 12.2. The predicted molar refractivity (Wildman–Crippen MR) is 105 cm³/mol. The molecule has 5 nitrogen and oxygen atoms in total. The lowest BCUT2D eigenvalue weighted by molar-refractivity contribution is 0.0975. The number of ether oxygens (including phenoxy) is 1. The number of carbonyl (C=O) groups excluding carboxylic acids is 1. The molecule has 0 aliphatic rings. The number of hydrogen-bond donors (Lipinski definition) is 3. The Balaban J connectivity index is 1.63. The smallest absolute Gasteiger partial charge is 0.261 e. The first-order valence-electron chi connectivity index (χ1n) is 7.85. The summed E-state index contributed by atoms with van der Waals surface area (Å²) in [5, 5.41) is 15.3. The van der Waals surface area contributed by atoms with Crippen LogP contribution >= 0.6 is 12.2 Å². The molecule has 0 radical (unpaired) electrons. The zero-order valence-corrected chi connectivity index (χ0v) is 14.5. The molecule has 1 amide bonds. The van der Waals surface area contributed by atoms with Crippen LogP contribution in [0, 0.1) is 0 Å². The number of nitrogens with one attached hydrogen (secondary N) is 2. The number of rotatable bonds is 4. The van der Waals surface area contributed by atoms with E-state index in [-0.39, 0.29) is 16.4 Å². The lowest BCUT2D eigenvalue weighted by Crippen LogP contribution is -2.34. The average molecular weight is 364 g/mol. The molecule has 0 saturated heterocycles. The minimum Gasteiger partial charge on any atom is -0.507 e. The summed E-state index contributed by atoms with van der Waals surface area (Å²) in [6, 6.07) is 22.9. The maximum absolute atomic E-state index is 12.2. The van der Waals surface area contributed by atoms with Crippen molar-refractivity contribution in [3.05, 3.63) is 84.4 Å². The number of phenolic OH excluding ortho intramolecular Hbond substituents is 1. The van der Waals surface area contributed by atoms with E-state index in [1.807, 2.05) is 42.5 Å². The van der Waals surface area contributed by atoms with Crippen LogP contribution in [0.25, 0.3) is 0 Å². The van der Waals surface area contributed by atoms with Gasteiger partial charge >= 0.3 is 0 Å². The Labute approximate surface area is 156 Å². The van der Waals surface area contributed by atoms with Crippen LogP contribution in [0.15, 0.2) is 78.9 Å². The molecule has 3 rings (SSSR count). The maximum atomic E-state index is 12.2. The van der Waals surface area contributed by atoms with E-state index < -0.39 is 5.91 Å². The maximum Gasteiger partial charge on any atom is 0.261 e. The minimum absolute atomic E-state index is 0.106. The van der Waals surface area contributed by atoms with Crippen LogP contribution in [0.3, 0.4) is 0 Å². The highest BCUT2D eigenvalue weighted by molar-refractivity contribution is 7.80. The SMILES string of the molecule is O=C(NC(=S)Nc1cccc(Oc2ccccc2)c1)c1ccccc1O. The van der Waals surface area contributed by atoms with Gasteiger partial charge in [0.15, 0.2) is 5.11 Å². The van der Waals surface area contributed by atoms with Crippen molar-refractivity contribution in [2.75, 3.05) is 5.32 Å². The standard InChI is InChI=1S/C20H16N2O3S/c23-18-12-5-4-11-17(18)19(24)22-20(26)21-14-7-6-10-16(13-14)25-15-8-2-1-3-9-15/h1-13,23H,(H2,21,22,24,26). The van der Waals surface area contributed by atoms with Gasteiger partial charge in [0.25, 0.3) is 5.91 Å². The molecule has 130 valence electrons. The van der Waals surface area contributed by atoms with Crippen LogP contribution in [0.1, 0.15) is 10.4 Å². The molecule has 0 saturated carbocycles. The highest BCUT2D eigenvalue weighted by atomic mass is 32.1. The number of benzene rings is 3. The number of amides is 1. The van der Waals surface area contributed by atoms with Crippen LogP contribution in [0.2, 0.25) is 0 Å². The second-order valence-electron chi connectivity index (χ2n) is 5.37. The molecule has 0 aliphatic carbocycles. The minimum atomic E-state index is -0.489. The summed E-state index contributed by atoms with van der Waals surface area (Å²) in [6.45, 7) is 0. The number of thiocarbonyl (C=S) groups is 1. The number of para-hydroxylation sites is 2. The first-order valence-corrected chi connectivity index (χ1v) is 8.26. The van der Waals surface area contributed by atoms with Gasteiger partial charge in [0.05, 0.1) is 5.56 Å². The quantitative estimate of drug-likeness (QED) is 0.602. The third-order valence-corrected chi connectivity index (χ3v) is 3.65. The summed E-state index contributed by atoms with van der Waals surface area (Å²) in [7, 11) is 0. The van der Waals surface area contributed by atoms with Gasteiger partial charge in [0, 0.05) is 11.8 Å². The van der Waals surface area contributed by atoms with Gasteiger partial charge in [-0.3, -0.25) is 10.1 Å². The van der Waals surface area contributed by atoms with E-state index in [0.29, 0.717) is 11.4 Å². The molecule has 3 aromatic rings. The van der Waals surface area contributed by atoms with Crippen LogP contribution in [-0.2, 0) is 0 Å². The normalized spacial score (nSPS) is 10.0. The molecule has 0 unspecified atom stereocenters. The Kier molecular flexibility index (Phi) is 5.46. The lowest BCUT2D eigenvalue weighted by Gasteiger charge is -2.12. The van der Waals surface area contributed by atoms with Gasteiger partial charge in [0.2, 0.25) is 0 Å². The summed E-state index contributed by atoms with van der Waals surface area (Å²) in [6.07, 6.45) is 0. The van der Waals surface area contributed by atoms with Crippen molar-refractivity contribution >= 4 is 28.9 Å². The summed E-state index contributed by atoms with van der Waals surface area (Å²) < 4.78 is 5.76. The molecule has 3 aromatic carbocycles. The van der Waals surface area contributed by atoms with E-state index in [2.05, 4.69) is 10.6 Å². The first-order chi connectivity index (χ1) is 12.6. The van der Waals surface area contributed by atoms with Crippen molar-refractivity contribution in [2.24, 2.45) is 0 Å². The van der Waals surface area contributed by atoms with E-state index >= 15 is 0 Å². The molecule has 0 bridgehead atoms. The van der Waals surface area contributed by atoms with Gasteiger partial charge in [-0.2, -0.15) is 0 Å². The summed E-state index contributed by atoms with van der Waals surface area (Å²) in [5.41, 5.74) is 0.818. The Bertz CT molecular complexity index is 929. The third kappa shape index (κ3) is 4.58. The van der Waals surface area contributed by atoms with E-state index in [0.717, 1.165) is 5.75 Å². The van der Waals surface area contributed by atoms with Gasteiger partial charge in [0.1, 0.15) is 17.2 Å². The van der Waals surface area contributed by atoms with E-state index in [1.165, 1.54) is 12.1 Å². The molecule has 6 heteroatoms. The number of hydrogen-bond acceptors (Lipinski definition) is 4. The van der Waals surface area contributed by atoms with Crippen molar-refractivity contribution in [1.82, 2.24) is 5.32 Å². The number of carbonyl (C=O) groups is 1. The highest BCUT2D eigenvalue weighted by Crippen LogP contribution is 2.23. The van der Waals surface area contributed by atoms with Crippen molar-refractivity contribution in [3.63, 3.8) is 0 Å². The number of aromatic hydroxyl groups is 1. The van der Waals surface area contributed by atoms with Crippen LogP contribution in [-0.4, -0.2) is 16.1 Å². The van der Waals surface area contributed by atoms with Gasteiger partial charge < -0.3 is 15.2 Å². The molecule has 0 spiro atoms. The highest BCUT2D eigenvalue weighted by Gasteiger charge is 2.12. The van der Waals surface area contributed by atoms with Crippen LogP contribution < -0.4 is 15.4 Å². The molecule has 3 N–H and O–H groups in total. The Morgan fingerprint density at radius 2 is 1.58 bits per heavy atom. The van der Waals surface area contributed by atoms with Crippen LogP contribution in [0.5, 0.6) is 17.2 Å². The molecule has 0 aromatic heterocycles. The second kappa shape index (κ2) is 8.13. The molecule has 0 aliphatic heterocycles. The fourth-order valence-corrected chi connectivity index (χ4v) is 2.47. The first kappa shape index (κ1) is 17.4. The Morgan fingerprint density at radius 1 is 0.885 bits per heavy atom. The van der Waals surface area contributed by atoms with E-state index in [9.17, 15) is 9.90 Å². The fraction of sp³-hybridized carbons (Fsp3) is 0. The van der Waals surface area contributed by atoms with Gasteiger partial charge in [-0.05, 0) is 48.6 Å². The molecular weight excluding hydrogens is 348 g/mol. The second-order valence-corrected chi connectivity index (χ2v) is 5.78. The van der Waals surface area contributed by atoms with Gasteiger partial charge in [-0.1, -0.05) is 36.4 Å². The van der Waals surface area contributed by atoms with Crippen molar-refractivity contribution < 1.29 is 14.6 Å². The largest absolute Gasteiger partial charge is 0.507 e.